The van der Waals surface area contributed by atoms with E-state index in [9.17, 15) is 9.90 Å². The van der Waals surface area contributed by atoms with Crippen LogP contribution in [-0.2, 0) is 0 Å². The molecule has 2 rings (SSSR count). The van der Waals surface area contributed by atoms with Crippen LogP contribution < -0.4 is 14.5 Å². The van der Waals surface area contributed by atoms with Crippen LogP contribution in [0.5, 0.6) is 5.75 Å². The highest BCUT2D eigenvalue weighted by molar-refractivity contribution is 5.95. The molecule has 1 heterocycles. The molecule has 0 unspecified atom stereocenters. The molecule has 128 valence electrons. The van der Waals surface area contributed by atoms with Crippen LogP contribution in [0.25, 0.3) is 0 Å². The summed E-state index contributed by atoms with van der Waals surface area (Å²) in [4.78, 5) is 14.7. The van der Waals surface area contributed by atoms with Crippen LogP contribution in [0.3, 0.4) is 0 Å². The minimum atomic E-state index is -0.454. The molecule has 0 aromatic heterocycles. The molecule has 1 aliphatic heterocycles. The molecule has 0 aliphatic carbocycles. The van der Waals surface area contributed by atoms with Gasteiger partial charge in [0, 0.05) is 12.0 Å². The maximum absolute atomic E-state index is 11.6. The van der Waals surface area contributed by atoms with Crippen molar-refractivity contribution in [3.8, 4) is 5.75 Å². The molecule has 0 saturated carbocycles. The normalized spacial score (nSPS) is 22.6. The second-order valence-electron chi connectivity index (χ2n) is 6.32. The van der Waals surface area contributed by atoms with Gasteiger partial charge in [0.15, 0.2) is 5.78 Å². The van der Waals surface area contributed by atoms with E-state index in [-0.39, 0.29) is 5.78 Å². The fourth-order valence-electron chi connectivity index (χ4n) is 3.04. The first-order valence-electron chi connectivity index (χ1n) is 8.73. The van der Waals surface area contributed by atoms with Gasteiger partial charge in [0.25, 0.3) is 0 Å². The van der Waals surface area contributed by atoms with Gasteiger partial charge in [-0.1, -0.05) is 6.92 Å². The van der Waals surface area contributed by atoms with Gasteiger partial charge in [-0.2, -0.15) is 0 Å². The van der Waals surface area contributed by atoms with Crippen LogP contribution >= 0.6 is 0 Å². The van der Waals surface area contributed by atoms with E-state index in [4.69, 9.17) is 4.74 Å². The van der Waals surface area contributed by atoms with E-state index in [1.54, 1.807) is 29.2 Å². The summed E-state index contributed by atoms with van der Waals surface area (Å²) < 4.78 is 5.64. The van der Waals surface area contributed by atoms with Crippen molar-refractivity contribution in [2.75, 3.05) is 45.9 Å². The third kappa shape index (κ3) is 5.61. The monoisotopic (exact) mass is 322 g/mol. The zero-order chi connectivity index (χ0) is 16.7. The van der Waals surface area contributed by atoms with E-state index in [1.807, 2.05) is 6.92 Å². The molecule has 0 amide bonds. The second-order valence-corrected chi connectivity index (χ2v) is 6.32. The van der Waals surface area contributed by atoms with Gasteiger partial charge in [0.05, 0.1) is 6.54 Å². The fourth-order valence-corrected chi connectivity index (χ4v) is 3.04. The third-order valence-corrected chi connectivity index (χ3v) is 4.63. The molecule has 0 spiro atoms. The maximum Gasteiger partial charge on any atom is 0.162 e. The number of quaternary nitrogens is 2. The zero-order valence-corrected chi connectivity index (χ0v) is 14.3. The molecular weight excluding hydrogens is 292 g/mol. The number of carbonyl (C=O) groups excluding carboxylic acids is 1. The van der Waals surface area contributed by atoms with Crippen molar-refractivity contribution in [1.29, 1.82) is 0 Å². The largest absolute Gasteiger partial charge is 0.491 e. The average molecular weight is 322 g/mol. The Kier molecular flexibility index (Phi) is 7.02. The molecule has 1 aliphatic rings. The molecular formula is C18H30N2O3+2. The van der Waals surface area contributed by atoms with Crippen molar-refractivity contribution in [2.45, 2.75) is 26.4 Å². The Morgan fingerprint density at radius 2 is 1.74 bits per heavy atom. The molecule has 1 atom stereocenters. The Balaban J connectivity index is 1.72. The number of carbonyl (C=O) groups is 1. The number of piperazine rings is 1. The number of ether oxygens (including phenoxy) is 1. The summed E-state index contributed by atoms with van der Waals surface area (Å²) >= 11 is 0. The van der Waals surface area contributed by atoms with Crippen LogP contribution in [0.4, 0.5) is 0 Å². The molecule has 1 saturated heterocycles. The van der Waals surface area contributed by atoms with Gasteiger partial charge in [-0.15, -0.1) is 0 Å². The summed E-state index contributed by atoms with van der Waals surface area (Å²) in [6, 6.07) is 7.16. The van der Waals surface area contributed by atoms with Crippen LogP contribution in [-0.4, -0.2) is 62.9 Å². The third-order valence-electron chi connectivity index (χ3n) is 4.63. The molecule has 3 N–H and O–H groups in total. The fraction of sp³-hybridized carbons (Fsp3) is 0.611. The Morgan fingerprint density at radius 3 is 2.30 bits per heavy atom. The summed E-state index contributed by atoms with van der Waals surface area (Å²) in [6.45, 7) is 10.9. The number of hydrogen-bond acceptors (Lipinski definition) is 3. The molecule has 23 heavy (non-hydrogen) atoms. The molecule has 1 fully saturated rings. The van der Waals surface area contributed by atoms with Gasteiger partial charge in [0.2, 0.25) is 0 Å². The highest BCUT2D eigenvalue weighted by atomic mass is 16.5. The molecule has 0 radical (unpaired) electrons. The quantitative estimate of drug-likeness (QED) is 0.528. The first-order valence-corrected chi connectivity index (χ1v) is 8.73. The summed E-state index contributed by atoms with van der Waals surface area (Å²) in [6.07, 6.45) is 0.0550. The predicted molar refractivity (Wildman–Crippen MR) is 89.4 cm³/mol. The number of rotatable bonds is 8. The van der Waals surface area contributed by atoms with Gasteiger partial charge < -0.3 is 19.6 Å². The van der Waals surface area contributed by atoms with Crippen molar-refractivity contribution < 1.29 is 24.4 Å². The Bertz CT molecular complexity index is 482. The minimum absolute atomic E-state index is 0.133. The van der Waals surface area contributed by atoms with E-state index in [0.717, 1.165) is 19.6 Å². The number of aliphatic hydroxyl groups excluding tert-OH is 1. The molecule has 5 nitrogen and oxygen atoms in total. The second kappa shape index (κ2) is 9.01. The predicted octanol–water partition coefficient (Wildman–Crippen LogP) is -1.18. The SMILES string of the molecule is CCC(=O)c1ccc(OC[C@H](O)C[NH+]2CC[NH+](CC)CC2)cc1. The van der Waals surface area contributed by atoms with E-state index in [2.05, 4.69) is 6.92 Å². The first kappa shape index (κ1) is 17.9. The van der Waals surface area contributed by atoms with Crippen molar-refractivity contribution in [3.05, 3.63) is 29.8 Å². The highest BCUT2D eigenvalue weighted by Gasteiger charge is 2.23. The van der Waals surface area contributed by atoms with Crippen LogP contribution in [0.1, 0.15) is 30.6 Å². The maximum atomic E-state index is 11.6. The standard InChI is InChI=1S/C18H28N2O3/c1-3-18(22)15-5-7-17(8-6-15)23-14-16(21)13-20-11-9-19(4-2)10-12-20/h5-8,16,21H,3-4,9-14H2,1-2H3/p+2/t16-/m1/s1. The number of benzene rings is 1. The van der Waals surface area contributed by atoms with Gasteiger partial charge in [-0.05, 0) is 31.2 Å². The van der Waals surface area contributed by atoms with Gasteiger partial charge in [-0.25, -0.2) is 0 Å². The number of hydrogen-bond donors (Lipinski definition) is 3. The van der Waals surface area contributed by atoms with E-state index in [0.29, 0.717) is 24.3 Å². The molecule has 1 aromatic carbocycles. The summed E-state index contributed by atoms with van der Waals surface area (Å²) in [5, 5.41) is 10.2. The number of aliphatic hydroxyl groups is 1. The van der Waals surface area contributed by atoms with Crippen LogP contribution in [0, 0.1) is 0 Å². The lowest BCUT2D eigenvalue weighted by Gasteiger charge is -2.30. The number of likely N-dealkylation sites (N-methyl/N-ethyl adjacent to an activating group) is 1. The van der Waals surface area contributed by atoms with Crippen LogP contribution in [0.15, 0.2) is 24.3 Å². The highest BCUT2D eigenvalue weighted by Crippen LogP contribution is 2.13. The lowest BCUT2D eigenvalue weighted by atomic mass is 10.1. The van der Waals surface area contributed by atoms with Gasteiger partial charge in [0.1, 0.15) is 51.2 Å². The Hall–Kier alpha value is -1.43. The number of nitrogens with one attached hydrogen (secondary N) is 2. The van der Waals surface area contributed by atoms with E-state index >= 15 is 0 Å². The summed E-state index contributed by atoms with van der Waals surface area (Å²) in [5.74, 6) is 0.834. The van der Waals surface area contributed by atoms with Crippen molar-refractivity contribution >= 4 is 5.78 Å². The van der Waals surface area contributed by atoms with E-state index in [1.165, 1.54) is 24.5 Å². The van der Waals surface area contributed by atoms with Crippen molar-refractivity contribution in [2.24, 2.45) is 0 Å². The lowest BCUT2D eigenvalue weighted by Crippen LogP contribution is -3.28. The van der Waals surface area contributed by atoms with Crippen molar-refractivity contribution in [3.63, 3.8) is 0 Å². The van der Waals surface area contributed by atoms with Gasteiger partial charge >= 0.3 is 0 Å². The Labute approximate surface area is 138 Å². The smallest absolute Gasteiger partial charge is 0.162 e. The average Bonchev–Trinajstić information content (AvgIpc) is 2.60. The molecule has 5 heteroatoms. The molecule has 0 bridgehead atoms. The topological polar surface area (TPSA) is 55.4 Å². The Morgan fingerprint density at radius 1 is 1.13 bits per heavy atom. The number of Topliss-reactive ketones (excluding diaryl/α,β-unsaturated/α-hetero) is 1. The molecule has 1 aromatic rings. The van der Waals surface area contributed by atoms with E-state index < -0.39 is 6.10 Å². The minimum Gasteiger partial charge on any atom is -0.491 e. The summed E-state index contributed by atoms with van der Waals surface area (Å²) in [7, 11) is 0. The lowest BCUT2D eigenvalue weighted by molar-refractivity contribution is -1.01. The zero-order valence-electron chi connectivity index (χ0n) is 14.3. The van der Waals surface area contributed by atoms with Gasteiger partial charge in [-0.3, -0.25) is 4.79 Å². The summed E-state index contributed by atoms with van der Waals surface area (Å²) in [5.41, 5.74) is 0.709. The first-order chi connectivity index (χ1) is 11.1. The number of ketones is 1. The van der Waals surface area contributed by atoms with Crippen molar-refractivity contribution in [1.82, 2.24) is 0 Å². The van der Waals surface area contributed by atoms with Crippen LogP contribution in [0.2, 0.25) is 0 Å².